The molecule has 0 saturated heterocycles. The lowest BCUT2D eigenvalue weighted by Crippen LogP contribution is -2.29. The number of amides is 2. The Morgan fingerprint density at radius 2 is 1.79 bits per heavy atom. The number of anilines is 1. The van der Waals surface area contributed by atoms with Crippen molar-refractivity contribution >= 4 is 11.7 Å². The maximum absolute atomic E-state index is 11.5. The first-order valence-electron chi connectivity index (χ1n) is 9.71. The molecule has 2 aromatic carbocycles. The van der Waals surface area contributed by atoms with Crippen LogP contribution in [0.2, 0.25) is 0 Å². The molecule has 152 valence electrons. The van der Waals surface area contributed by atoms with E-state index in [1.54, 1.807) is 20.2 Å². The Kier molecular flexibility index (Phi) is 8.62. The van der Waals surface area contributed by atoms with E-state index < -0.39 is 0 Å². The third kappa shape index (κ3) is 6.78. The molecule has 2 rings (SSSR count). The van der Waals surface area contributed by atoms with E-state index in [1.807, 2.05) is 24.3 Å². The molecule has 0 aromatic heterocycles. The van der Waals surface area contributed by atoms with Crippen molar-refractivity contribution < 1.29 is 14.6 Å². The summed E-state index contributed by atoms with van der Waals surface area (Å²) in [6.07, 6.45) is 2.91. The van der Waals surface area contributed by atoms with Crippen LogP contribution in [0.5, 0.6) is 11.5 Å². The van der Waals surface area contributed by atoms with E-state index in [1.165, 1.54) is 5.56 Å². The van der Waals surface area contributed by atoms with Gasteiger partial charge in [0.25, 0.3) is 0 Å². The molecule has 2 amide bonds. The second-order valence-corrected chi connectivity index (χ2v) is 6.75. The first-order valence-corrected chi connectivity index (χ1v) is 9.71. The number of rotatable bonds is 10. The van der Waals surface area contributed by atoms with E-state index >= 15 is 0 Å². The van der Waals surface area contributed by atoms with Crippen LogP contribution in [0.4, 0.5) is 10.5 Å². The fourth-order valence-corrected chi connectivity index (χ4v) is 3.08. The third-order valence-corrected chi connectivity index (χ3v) is 4.64. The molecular formula is C22H31N3O3. The van der Waals surface area contributed by atoms with E-state index in [4.69, 9.17) is 4.74 Å². The SMILES string of the molecule is CCCN(CCc1cccc(OC)c1)CCc1ccc(O)c(NC(=O)NC)c1. The standard InChI is InChI=1S/C22H31N3O3/c1-4-12-25(13-10-17-6-5-7-19(15-17)28-3)14-11-18-8-9-21(26)20(16-18)24-22(27)23-2/h5-9,15-16,26H,4,10-14H2,1-3H3,(H2,23,24,27). The molecule has 0 unspecified atom stereocenters. The molecule has 0 heterocycles. The molecule has 6 nitrogen and oxygen atoms in total. The second kappa shape index (κ2) is 11.2. The maximum Gasteiger partial charge on any atom is 0.319 e. The van der Waals surface area contributed by atoms with Crippen LogP contribution in [0.1, 0.15) is 24.5 Å². The van der Waals surface area contributed by atoms with Gasteiger partial charge in [-0.3, -0.25) is 0 Å². The van der Waals surface area contributed by atoms with Crippen LogP contribution in [0.3, 0.4) is 0 Å². The van der Waals surface area contributed by atoms with Gasteiger partial charge in [0, 0.05) is 20.1 Å². The number of hydrogen-bond acceptors (Lipinski definition) is 4. The average molecular weight is 386 g/mol. The van der Waals surface area contributed by atoms with Gasteiger partial charge in [0.2, 0.25) is 0 Å². The van der Waals surface area contributed by atoms with Crippen molar-refractivity contribution in [1.82, 2.24) is 10.2 Å². The van der Waals surface area contributed by atoms with Crippen molar-refractivity contribution in [2.75, 3.05) is 39.1 Å². The molecule has 0 saturated carbocycles. The summed E-state index contributed by atoms with van der Waals surface area (Å²) >= 11 is 0. The summed E-state index contributed by atoms with van der Waals surface area (Å²) in [7, 11) is 3.23. The first-order chi connectivity index (χ1) is 13.5. The molecule has 28 heavy (non-hydrogen) atoms. The van der Waals surface area contributed by atoms with Crippen LogP contribution in [0.25, 0.3) is 0 Å². The van der Waals surface area contributed by atoms with E-state index in [0.29, 0.717) is 5.69 Å². The number of benzene rings is 2. The van der Waals surface area contributed by atoms with Crippen molar-refractivity contribution in [3.8, 4) is 11.5 Å². The number of phenolic OH excluding ortho intramolecular Hbond substituents is 1. The summed E-state index contributed by atoms with van der Waals surface area (Å²) in [4.78, 5) is 14.0. The van der Waals surface area contributed by atoms with Gasteiger partial charge in [0.05, 0.1) is 12.8 Å². The highest BCUT2D eigenvalue weighted by Gasteiger charge is 2.09. The number of hydrogen-bond donors (Lipinski definition) is 3. The van der Waals surface area contributed by atoms with Crippen molar-refractivity contribution in [3.05, 3.63) is 53.6 Å². The van der Waals surface area contributed by atoms with Gasteiger partial charge in [-0.15, -0.1) is 0 Å². The first kappa shape index (κ1) is 21.6. The summed E-state index contributed by atoms with van der Waals surface area (Å²) in [6, 6.07) is 13.2. The van der Waals surface area contributed by atoms with Crippen molar-refractivity contribution in [3.63, 3.8) is 0 Å². The zero-order valence-electron chi connectivity index (χ0n) is 17.0. The highest BCUT2D eigenvalue weighted by atomic mass is 16.5. The van der Waals surface area contributed by atoms with Gasteiger partial charge in [-0.05, 0) is 61.2 Å². The van der Waals surface area contributed by atoms with Gasteiger partial charge >= 0.3 is 6.03 Å². The molecule has 3 N–H and O–H groups in total. The summed E-state index contributed by atoms with van der Waals surface area (Å²) in [6.45, 7) is 5.11. The Morgan fingerprint density at radius 3 is 2.43 bits per heavy atom. The monoisotopic (exact) mass is 385 g/mol. The minimum Gasteiger partial charge on any atom is -0.506 e. The molecule has 0 atom stereocenters. The van der Waals surface area contributed by atoms with Gasteiger partial charge in [0.15, 0.2) is 0 Å². The zero-order valence-corrected chi connectivity index (χ0v) is 17.0. The highest BCUT2D eigenvalue weighted by Crippen LogP contribution is 2.24. The van der Waals surface area contributed by atoms with Crippen molar-refractivity contribution in [2.24, 2.45) is 0 Å². The normalized spacial score (nSPS) is 10.7. The molecule has 0 spiro atoms. The maximum atomic E-state index is 11.5. The molecular weight excluding hydrogens is 354 g/mol. The van der Waals surface area contributed by atoms with Gasteiger partial charge in [-0.2, -0.15) is 0 Å². The fourth-order valence-electron chi connectivity index (χ4n) is 3.08. The molecule has 0 radical (unpaired) electrons. The zero-order chi connectivity index (χ0) is 20.4. The number of ether oxygens (including phenoxy) is 1. The van der Waals surface area contributed by atoms with Crippen LogP contribution < -0.4 is 15.4 Å². The third-order valence-electron chi connectivity index (χ3n) is 4.64. The molecule has 0 aliphatic rings. The van der Waals surface area contributed by atoms with Gasteiger partial charge in [0.1, 0.15) is 11.5 Å². The minimum absolute atomic E-state index is 0.0655. The summed E-state index contributed by atoms with van der Waals surface area (Å²) in [5.41, 5.74) is 2.77. The lowest BCUT2D eigenvalue weighted by molar-refractivity contribution is 0.254. The number of carbonyl (C=O) groups is 1. The van der Waals surface area contributed by atoms with Crippen molar-refractivity contribution in [1.29, 1.82) is 0 Å². The molecule has 6 heteroatoms. The Morgan fingerprint density at radius 1 is 1.07 bits per heavy atom. The van der Waals surface area contributed by atoms with Crippen LogP contribution in [0.15, 0.2) is 42.5 Å². The Balaban J connectivity index is 1.94. The molecule has 2 aromatic rings. The number of methoxy groups -OCH3 is 1. The second-order valence-electron chi connectivity index (χ2n) is 6.75. The van der Waals surface area contributed by atoms with Crippen LogP contribution in [0, 0.1) is 0 Å². The van der Waals surface area contributed by atoms with Gasteiger partial charge in [-0.1, -0.05) is 25.1 Å². The largest absolute Gasteiger partial charge is 0.506 e. The van der Waals surface area contributed by atoms with Gasteiger partial charge in [-0.25, -0.2) is 4.79 Å². The van der Waals surface area contributed by atoms with Gasteiger partial charge < -0.3 is 25.4 Å². The number of nitrogens with one attached hydrogen (secondary N) is 2. The van der Waals surface area contributed by atoms with Crippen LogP contribution in [-0.4, -0.2) is 49.8 Å². The number of carbonyl (C=O) groups excluding carboxylic acids is 1. The summed E-state index contributed by atoms with van der Waals surface area (Å²) in [5, 5.41) is 15.1. The predicted molar refractivity (Wildman–Crippen MR) is 113 cm³/mol. The lowest BCUT2D eigenvalue weighted by Gasteiger charge is -2.22. The highest BCUT2D eigenvalue weighted by molar-refractivity contribution is 5.90. The predicted octanol–water partition coefficient (Wildman–Crippen LogP) is 3.65. The van der Waals surface area contributed by atoms with E-state index in [0.717, 1.165) is 50.2 Å². The van der Waals surface area contributed by atoms with Crippen LogP contribution in [-0.2, 0) is 12.8 Å². The van der Waals surface area contributed by atoms with Crippen molar-refractivity contribution in [2.45, 2.75) is 26.2 Å². The fraction of sp³-hybridized carbons (Fsp3) is 0.409. The Bertz CT molecular complexity index is 764. The van der Waals surface area contributed by atoms with E-state index in [9.17, 15) is 9.90 Å². The molecule has 0 bridgehead atoms. The number of phenols is 1. The molecule has 0 aliphatic carbocycles. The van der Waals surface area contributed by atoms with E-state index in [-0.39, 0.29) is 11.8 Å². The number of urea groups is 1. The molecule has 0 aliphatic heterocycles. The Hall–Kier alpha value is -2.73. The summed E-state index contributed by atoms with van der Waals surface area (Å²) in [5.74, 6) is 0.954. The number of nitrogens with zero attached hydrogens (tertiary/aromatic N) is 1. The quantitative estimate of drug-likeness (QED) is 0.546. The average Bonchev–Trinajstić information content (AvgIpc) is 2.72. The molecule has 0 fully saturated rings. The lowest BCUT2D eigenvalue weighted by atomic mass is 10.1. The topological polar surface area (TPSA) is 73.8 Å². The summed E-state index contributed by atoms with van der Waals surface area (Å²) < 4.78 is 5.30. The van der Waals surface area contributed by atoms with E-state index in [2.05, 4.69) is 34.6 Å². The Labute approximate surface area is 167 Å². The number of aromatic hydroxyl groups is 1. The van der Waals surface area contributed by atoms with Crippen LogP contribution >= 0.6 is 0 Å². The smallest absolute Gasteiger partial charge is 0.319 e. The minimum atomic E-state index is -0.349.